The van der Waals surface area contributed by atoms with Crippen molar-refractivity contribution in [3.63, 3.8) is 0 Å². The summed E-state index contributed by atoms with van der Waals surface area (Å²) in [6, 6.07) is 1.64. The van der Waals surface area contributed by atoms with E-state index < -0.39 is 24.6 Å². The van der Waals surface area contributed by atoms with Gasteiger partial charge in [0.05, 0.1) is 23.7 Å². The molecule has 1 rings (SSSR count). The molecule has 0 aliphatic heterocycles. The number of nitro groups is 1. The minimum Gasteiger partial charge on any atom is -0.496 e. The first kappa shape index (κ1) is 13.4. The van der Waals surface area contributed by atoms with Crippen molar-refractivity contribution in [1.29, 1.82) is 0 Å². The average Bonchev–Trinajstić information content (AvgIpc) is 2.25. The molecule has 1 aromatic rings. The number of non-ortho nitro benzene ring substituents is 1. The molecular weight excluding hydrogens is 274 g/mol. The summed E-state index contributed by atoms with van der Waals surface area (Å²) < 4.78 is 27.1. The summed E-state index contributed by atoms with van der Waals surface area (Å²) in [4.78, 5) is 19.9. The van der Waals surface area contributed by atoms with Gasteiger partial charge in [-0.05, 0) is 0 Å². The maximum Gasteiger partial charge on any atom is 0.274 e. The molecule has 92 valence electrons. The standard InChI is InChI=1S/C8H6ClNO6S/c1-16-7-2-5(10(12)13)3-8(6(7)4-11)17(9,14)15/h2-4H,1H3. The molecule has 0 saturated heterocycles. The van der Waals surface area contributed by atoms with Crippen molar-refractivity contribution in [2.24, 2.45) is 0 Å². The van der Waals surface area contributed by atoms with Gasteiger partial charge >= 0.3 is 0 Å². The van der Waals surface area contributed by atoms with Crippen molar-refractivity contribution < 1.29 is 22.9 Å². The van der Waals surface area contributed by atoms with Gasteiger partial charge in [0.1, 0.15) is 10.6 Å². The highest BCUT2D eigenvalue weighted by molar-refractivity contribution is 8.13. The van der Waals surface area contributed by atoms with Crippen molar-refractivity contribution in [2.75, 3.05) is 7.11 Å². The van der Waals surface area contributed by atoms with Gasteiger partial charge in [0.15, 0.2) is 6.29 Å². The fourth-order valence-electron chi connectivity index (χ4n) is 1.18. The number of halogens is 1. The highest BCUT2D eigenvalue weighted by atomic mass is 35.7. The zero-order chi connectivity index (χ0) is 13.2. The van der Waals surface area contributed by atoms with Crippen LogP contribution < -0.4 is 4.74 Å². The van der Waals surface area contributed by atoms with Gasteiger partial charge in [-0.2, -0.15) is 0 Å². The number of hydrogen-bond acceptors (Lipinski definition) is 6. The third-order valence-electron chi connectivity index (χ3n) is 1.90. The molecule has 7 nitrogen and oxygen atoms in total. The smallest absolute Gasteiger partial charge is 0.274 e. The van der Waals surface area contributed by atoms with Crippen LogP contribution in [0, 0.1) is 10.1 Å². The second-order valence-electron chi connectivity index (χ2n) is 2.87. The van der Waals surface area contributed by atoms with Crippen LogP contribution in [0.3, 0.4) is 0 Å². The van der Waals surface area contributed by atoms with Crippen LogP contribution in [-0.4, -0.2) is 26.7 Å². The Morgan fingerprint density at radius 2 is 2.06 bits per heavy atom. The molecule has 0 spiro atoms. The summed E-state index contributed by atoms with van der Waals surface area (Å²) in [6.45, 7) is 0. The average molecular weight is 280 g/mol. The van der Waals surface area contributed by atoms with E-state index in [-0.39, 0.29) is 17.6 Å². The normalized spacial score (nSPS) is 10.9. The molecule has 0 saturated carbocycles. The fraction of sp³-hybridized carbons (Fsp3) is 0.125. The lowest BCUT2D eigenvalue weighted by molar-refractivity contribution is -0.385. The van der Waals surface area contributed by atoms with Gasteiger partial charge in [0.25, 0.3) is 14.7 Å². The van der Waals surface area contributed by atoms with Crippen LogP contribution in [0.2, 0.25) is 0 Å². The summed E-state index contributed by atoms with van der Waals surface area (Å²) in [6.07, 6.45) is 0.206. The van der Waals surface area contributed by atoms with Crippen molar-refractivity contribution in [2.45, 2.75) is 4.90 Å². The molecule has 0 aliphatic carbocycles. The van der Waals surface area contributed by atoms with Gasteiger partial charge in [0.2, 0.25) is 0 Å². The number of nitro benzene ring substituents is 1. The molecule has 1 aromatic carbocycles. The molecule has 0 bridgehead atoms. The number of rotatable bonds is 4. The predicted octanol–water partition coefficient (Wildman–Crippen LogP) is 1.34. The van der Waals surface area contributed by atoms with Crippen LogP contribution in [0.5, 0.6) is 5.75 Å². The van der Waals surface area contributed by atoms with Crippen LogP contribution in [0.25, 0.3) is 0 Å². The molecule has 9 heteroatoms. The highest BCUT2D eigenvalue weighted by Gasteiger charge is 2.24. The molecule has 0 amide bonds. The zero-order valence-electron chi connectivity index (χ0n) is 8.41. The van der Waals surface area contributed by atoms with Crippen LogP contribution >= 0.6 is 10.7 Å². The first-order chi connectivity index (χ1) is 7.81. The molecule has 0 N–H and O–H groups in total. The highest BCUT2D eigenvalue weighted by Crippen LogP contribution is 2.31. The van der Waals surface area contributed by atoms with Gasteiger partial charge in [-0.3, -0.25) is 14.9 Å². The largest absolute Gasteiger partial charge is 0.496 e. The molecule has 0 aromatic heterocycles. The lowest BCUT2D eigenvalue weighted by Crippen LogP contribution is -2.02. The van der Waals surface area contributed by atoms with E-state index in [1.165, 1.54) is 0 Å². The van der Waals surface area contributed by atoms with Crippen LogP contribution in [-0.2, 0) is 9.05 Å². The molecule has 0 heterocycles. The Morgan fingerprint density at radius 1 is 1.47 bits per heavy atom. The van der Waals surface area contributed by atoms with Gasteiger partial charge < -0.3 is 4.74 Å². The zero-order valence-corrected chi connectivity index (χ0v) is 9.99. The number of hydrogen-bond donors (Lipinski definition) is 0. The Bertz CT molecular complexity index is 582. The Morgan fingerprint density at radius 3 is 2.41 bits per heavy atom. The quantitative estimate of drug-likeness (QED) is 0.356. The Balaban J connectivity index is 3.72. The predicted molar refractivity (Wildman–Crippen MR) is 58.1 cm³/mol. The molecule has 0 radical (unpaired) electrons. The third kappa shape index (κ3) is 2.71. The lowest BCUT2D eigenvalue weighted by Gasteiger charge is -2.06. The van der Waals surface area contributed by atoms with E-state index in [4.69, 9.17) is 15.4 Å². The maximum absolute atomic E-state index is 11.2. The van der Waals surface area contributed by atoms with Crippen molar-refractivity contribution >= 4 is 31.7 Å². The fourth-order valence-corrected chi connectivity index (χ4v) is 2.24. The summed E-state index contributed by atoms with van der Waals surface area (Å²) in [5.74, 6) is -0.228. The van der Waals surface area contributed by atoms with Crippen molar-refractivity contribution in [3.05, 3.63) is 27.8 Å². The van der Waals surface area contributed by atoms with Gasteiger partial charge in [-0.15, -0.1) is 0 Å². The summed E-state index contributed by atoms with van der Waals surface area (Å²) in [5.41, 5.74) is -0.889. The molecule has 0 atom stereocenters. The van der Waals surface area contributed by atoms with Gasteiger partial charge in [-0.1, -0.05) is 0 Å². The van der Waals surface area contributed by atoms with Gasteiger partial charge in [0, 0.05) is 16.7 Å². The maximum atomic E-state index is 11.2. The van der Waals surface area contributed by atoms with Crippen molar-refractivity contribution in [1.82, 2.24) is 0 Å². The number of ether oxygens (including phenoxy) is 1. The Hall–Kier alpha value is -1.67. The van der Waals surface area contributed by atoms with Gasteiger partial charge in [-0.25, -0.2) is 8.42 Å². The van der Waals surface area contributed by atoms with E-state index in [0.29, 0.717) is 6.07 Å². The summed E-state index contributed by atoms with van der Waals surface area (Å²) in [7, 11) is 1.96. The minimum atomic E-state index is -4.28. The number of carbonyl (C=O) groups is 1. The van der Waals surface area contributed by atoms with E-state index >= 15 is 0 Å². The third-order valence-corrected chi connectivity index (χ3v) is 3.26. The first-order valence-corrected chi connectivity index (χ1v) is 6.38. The number of carbonyl (C=O) groups excluding carboxylic acids is 1. The van der Waals surface area contributed by atoms with E-state index in [1.807, 2.05) is 0 Å². The van der Waals surface area contributed by atoms with E-state index in [9.17, 15) is 23.3 Å². The molecule has 0 fully saturated rings. The van der Waals surface area contributed by atoms with Crippen LogP contribution in [0.4, 0.5) is 5.69 Å². The Kier molecular flexibility index (Phi) is 3.69. The summed E-state index contributed by atoms with van der Waals surface area (Å²) >= 11 is 0. The number of aldehydes is 1. The number of nitrogens with zero attached hydrogens (tertiary/aromatic N) is 1. The topological polar surface area (TPSA) is 104 Å². The van der Waals surface area contributed by atoms with Crippen LogP contribution in [0.15, 0.2) is 17.0 Å². The van der Waals surface area contributed by atoms with Crippen molar-refractivity contribution in [3.8, 4) is 5.75 Å². The summed E-state index contributed by atoms with van der Waals surface area (Å²) in [5, 5.41) is 10.6. The second kappa shape index (κ2) is 4.68. The van der Waals surface area contributed by atoms with Crippen LogP contribution in [0.1, 0.15) is 10.4 Å². The molecule has 17 heavy (non-hydrogen) atoms. The Labute approximate surface area is 101 Å². The minimum absolute atomic E-state index is 0.206. The first-order valence-electron chi connectivity index (χ1n) is 4.07. The number of benzene rings is 1. The lowest BCUT2D eigenvalue weighted by atomic mass is 10.2. The van der Waals surface area contributed by atoms with E-state index in [1.54, 1.807) is 0 Å². The SMILES string of the molecule is COc1cc([N+](=O)[O-])cc(S(=O)(=O)Cl)c1C=O. The molecule has 0 aliphatic rings. The number of methoxy groups -OCH3 is 1. The van der Waals surface area contributed by atoms with E-state index in [2.05, 4.69) is 0 Å². The molecular formula is C8H6ClNO6S. The molecule has 0 unspecified atom stereocenters. The second-order valence-corrected chi connectivity index (χ2v) is 5.41. The monoisotopic (exact) mass is 279 g/mol. The van der Waals surface area contributed by atoms with E-state index in [0.717, 1.165) is 13.2 Å².